The van der Waals surface area contributed by atoms with Gasteiger partial charge >= 0.3 is 0 Å². The molecule has 2 aliphatic heterocycles. The molecular formula is C44H24Cl6O2. The molecule has 6 aromatic rings. The smallest absolute Gasteiger partial charge is 0.146 e. The highest BCUT2D eigenvalue weighted by molar-refractivity contribution is 6.33. The van der Waals surface area contributed by atoms with Crippen LogP contribution >= 0.6 is 69.6 Å². The van der Waals surface area contributed by atoms with E-state index in [2.05, 4.69) is 24.3 Å². The van der Waals surface area contributed by atoms with Gasteiger partial charge in [0.25, 0.3) is 0 Å². The summed E-state index contributed by atoms with van der Waals surface area (Å²) >= 11 is 39.5. The first-order valence-corrected chi connectivity index (χ1v) is 19.0. The van der Waals surface area contributed by atoms with Crippen molar-refractivity contribution >= 4 is 92.9 Å². The molecule has 2 saturated heterocycles. The van der Waals surface area contributed by atoms with Crippen molar-refractivity contribution in [1.82, 2.24) is 0 Å². The van der Waals surface area contributed by atoms with Gasteiger partial charge in [0.2, 0.25) is 0 Å². The lowest BCUT2D eigenvalue weighted by molar-refractivity contribution is 0.237. The average molecular weight is 797 g/mol. The second-order valence-electron chi connectivity index (χ2n) is 13.5. The van der Waals surface area contributed by atoms with Crippen LogP contribution in [-0.4, -0.2) is 12.7 Å². The fourth-order valence-corrected chi connectivity index (χ4v) is 9.07. The molecule has 0 unspecified atom stereocenters. The summed E-state index contributed by atoms with van der Waals surface area (Å²) in [5.41, 5.74) is 13.9. The maximum absolute atomic E-state index is 6.95. The zero-order chi connectivity index (χ0) is 35.5. The van der Waals surface area contributed by atoms with E-state index >= 15 is 0 Å². The fraction of sp³-hybridized carbons (Fsp3) is 0.0909. The third-order valence-corrected chi connectivity index (χ3v) is 11.8. The molecule has 0 bridgehead atoms. The van der Waals surface area contributed by atoms with Crippen LogP contribution in [0.3, 0.4) is 0 Å². The van der Waals surface area contributed by atoms with Gasteiger partial charge in [-0.3, -0.25) is 0 Å². The molecule has 0 radical (unpaired) electrons. The van der Waals surface area contributed by atoms with E-state index in [0.29, 0.717) is 36.7 Å². The van der Waals surface area contributed by atoms with Crippen LogP contribution in [0.5, 0.6) is 0 Å². The zero-order valence-electron chi connectivity index (χ0n) is 27.0. The molecule has 0 amide bonds. The van der Waals surface area contributed by atoms with Crippen molar-refractivity contribution in [2.24, 2.45) is 0 Å². The fourth-order valence-electron chi connectivity index (χ4n) is 8.03. The first kappa shape index (κ1) is 33.1. The molecule has 10 rings (SSSR count). The SMILES string of the molecule is Clc1ccc(/C=C2/c3cc(Cl)ccc3-c3c2cc(Cl)cc3[C@@H]2O[C@@H]2[C@]2(c3cc(Cl)cc4c3-c3ccc(Cl)cc3/C4=C/c3ccc(Cl)cc3)CO2)cc1. The van der Waals surface area contributed by atoms with Gasteiger partial charge in [0.15, 0.2) is 0 Å². The van der Waals surface area contributed by atoms with Gasteiger partial charge in [-0.1, -0.05) is 106 Å². The second-order valence-corrected chi connectivity index (χ2v) is 16.2. The molecule has 0 spiro atoms. The van der Waals surface area contributed by atoms with Gasteiger partial charge in [0.05, 0.1) is 6.61 Å². The number of rotatable bonds is 5. The van der Waals surface area contributed by atoms with Crippen LogP contribution < -0.4 is 0 Å². The molecular weight excluding hydrogens is 773 g/mol. The van der Waals surface area contributed by atoms with E-state index in [1.165, 1.54) is 0 Å². The number of hydrogen-bond acceptors (Lipinski definition) is 2. The van der Waals surface area contributed by atoms with Gasteiger partial charge in [0, 0.05) is 30.1 Å². The Morgan fingerprint density at radius 1 is 0.481 bits per heavy atom. The summed E-state index contributed by atoms with van der Waals surface area (Å²) in [6.07, 6.45) is 3.78. The first-order valence-electron chi connectivity index (χ1n) is 16.7. The molecule has 2 heterocycles. The monoisotopic (exact) mass is 794 g/mol. The predicted molar refractivity (Wildman–Crippen MR) is 216 cm³/mol. The maximum atomic E-state index is 6.95. The number of fused-ring (bicyclic) bond motifs is 6. The summed E-state index contributed by atoms with van der Waals surface area (Å²) in [5.74, 6) is 0. The zero-order valence-corrected chi connectivity index (χ0v) is 31.5. The number of benzene rings is 6. The molecule has 52 heavy (non-hydrogen) atoms. The lowest BCUT2D eigenvalue weighted by Gasteiger charge is -2.17. The van der Waals surface area contributed by atoms with Crippen molar-refractivity contribution in [3.8, 4) is 22.3 Å². The lowest BCUT2D eigenvalue weighted by atomic mass is 9.85. The number of halogens is 6. The molecule has 4 aliphatic rings. The molecule has 8 heteroatoms. The Hall–Kier alpha value is -3.54. The van der Waals surface area contributed by atoms with Crippen molar-refractivity contribution in [2.45, 2.75) is 17.8 Å². The van der Waals surface area contributed by atoms with Crippen LogP contribution in [0.1, 0.15) is 50.6 Å². The van der Waals surface area contributed by atoms with E-state index < -0.39 is 5.60 Å². The Balaban J connectivity index is 1.09. The minimum Gasteiger partial charge on any atom is -0.361 e. The molecule has 6 aromatic carbocycles. The van der Waals surface area contributed by atoms with Crippen molar-refractivity contribution in [1.29, 1.82) is 0 Å². The molecule has 0 saturated carbocycles. The number of ether oxygens (including phenoxy) is 2. The summed E-state index contributed by atoms with van der Waals surface area (Å²) < 4.78 is 13.1. The van der Waals surface area contributed by atoms with Crippen LogP contribution in [-0.2, 0) is 15.1 Å². The van der Waals surface area contributed by atoms with Crippen LogP contribution in [0.15, 0.2) is 109 Å². The van der Waals surface area contributed by atoms with E-state index in [1.54, 1.807) is 0 Å². The largest absolute Gasteiger partial charge is 0.361 e. The summed E-state index contributed by atoms with van der Waals surface area (Å²) in [5, 5.41) is 3.93. The van der Waals surface area contributed by atoms with E-state index in [0.717, 1.165) is 77.9 Å². The summed E-state index contributed by atoms with van der Waals surface area (Å²) in [6, 6.07) is 35.7. The average Bonchev–Trinajstić information content (AvgIpc) is 4.05. The minimum absolute atomic E-state index is 0.266. The summed E-state index contributed by atoms with van der Waals surface area (Å²) in [7, 11) is 0. The number of hydrogen-bond donors (Lipinski definition) is 0. The molecule has 3 atom stereocenters. The summed E-state index contributed by atoms with van der Waals surface area (Å²) in [4.78, 5) is 0. The molecule has 0 aromatic heterocycles. The van der Waals surface area contributed by atoms with E-state index in [1.807, 2.05) is 97.1 Å². The Morgan fingerprint density at radius 3 is 1.48 bits per heavy atom. The van der Waals surface area contributed by atoms with Crippen molar-refractivity contribution in [3.63, 3.8) is 0 Å². The van der Waals surface area contributed by atoms with Crippen molar-refractivity contribution < 1.29 is 9.47 Å². The molecule has 254 valence electrons. The highest BCUT2D eigenvalue weighted by Crippen LogP contribution is 2.63. The quantitative estimate of drug-likeness (QED) is 0.162. The molecule has 2 nitrogen and oxygen atoms in total. The van der Waals surface area contributed by atoms with Crippen molar-refractivity contribution in [3.05, 3.63) is 184 Å². The normalized spacial score (nSPS) is 22.0. The van der Waals surface area contributed by atoms with E-state index in [-0.39, 0.29) is 12.2 Å². The van der Waals surface area contributed by atoms with E-state index in [4.69, 9.17) is 79.1 Å². The number of epoxide rings is 2. The predicted octanol–water partition coefficient (Wildman–Crippen LogP) is 14.1. The highest BCUT2D eigenvalue weighted by atomic mass is 35.5. The third-order valence-electron chi connectivity index (χ3n) is 10.4. The Morgan fingerprint density at radius 2 is 0.942 bits per heavy atom. The molecule has 2 aliphatic carbocycles. The van der Waals surface area contributed by atoms with Crippen LogP contribution in [0, 0.1) is 0 Å². The molecule has 0 N–H and O–H groups in total. The highest BCUT2D eigenvalue weighted by Gasteiger charge is 2.66. The minimum atomic E-state index is -0.703. The summed E-state index contributed by atoms with van der Waals surface area (Å²) in [6.45, 7) is 0.497. The maximum Gasteiger partial charge on any atom is 0.146 e. The Kier molecular flexibility index (Phi) is 7.79. The van der Waals surface area contributed by atoms with Gasteiger partial charge in [-0.2, -0.15) is 0 Å². The first-order chi connectivity index (χ1) is 25.2. The van der Waals surface area contributed by atoms with Gasteiger partial charge < -0.3 is 9.47 Å². The second kappa shape index (κ2) is 12.2. The van der Waals surface area contributed by atoms with E-state index in [9.17, 15) is 0 Å². The Labute approximate surface area is 330 Å². The third kappa shape index (κ3) is 5.39. The van der Waals surface area contributed by atoms with Crippen molar-refractivity contribution in [2.75, 3.05) is 6.61 Å². The van der Waals surface area contributed by atoms with Crippen LogP contribution in [0.4, 0.5) is 0 Å². The van der Waals surface area contributed by atoms with Gasteiger partial charge in [-0.25, -0.2) is 0 Å². The molecule has 2 fully saturated rings. The standard InChI is InChI=1S/C44H24Cl6O2/c45-24-5-1-22(2-6-24)13-32-34-15-26(47)9-11-30(34)40-36(32)17-28(49)19-38(40)42-43(52-42)44(21-51-44)39-20-29(50)18-37-33(14-23-3-7-25(46)8-4-23)35-16-27(48)10-12-31(35)41(37)39/h1-20,42-43H,21H2/b32-13-,33-14-/t42-,43-,44+/m0/s1. The van der Waals surface area contributed by atoms with Gasteiger partial charge in [-0.05, 0) is 163 Å². The van der Waals surface area contributed by atoms with Crippen LogP contribution in [0.25, 0.3) is 45.6 Å². The Bertz CT molecular complexity index is 2570. The van der Waals surface area contributed by atoms with Gasteiger partial charge in [-0.15, -0.1) is 0 Å². The van der Waals surface area contributed by atoms with Crippen LogP contribution in [0.2, 0.25) is 30.1 Å². The topological polar surface area (TPSA) is 25.1 Å². The van der Waals surface area contributed by atoms with Gasteiger partial charge in [0.1, 0.15) is 17.8 Å². The lowest BCUT2D eigenvalue weighted by Crippen LogP contribution is -2.19.